The Morgan fingerprint density at radius 2 is 1.86 bits per heavy atom. The number of amides is 1. The van der Waals surface area contributed by atoms with E-state index in [1.165, 1.54) is 18.2 Å². The maximum absolute atomic E-state index is 12.9. The number of benzene rings is 2. The van der Waals surface area contributed by atoms with Gasteiger partial charge in [0.1, 0.15) is 6.04 Å². The molecule has 0 spiro atoms. The maximum Gasteiger partial charge on any atom is 0.271 e. The summed E-state index contributed by atoms with van der Waals surface area (Å²) >= 11 is 0. The van der Waals surface area contributed by atoms with Gasteiger partial charge in [-0.25, -0.2) is 8.42 Å². The fraction of sp³-hybridized carbons (Fsp3) is 0.316. The van der Waals surface area contributed by atoms with Crippen LogP contribution in [0.4, 0.5) is 17.1 Å². The molecule has 0 radical (unpaired) electrons. The summed E-state index contributed by atoms with van der Waals surface area (Å²) in [6, 6.07) is 11.5. The molecule has 0 aliphatic heterocycles. The molecule has 0 heterocycles. The average molecular weight is 405 g/mol. The van der Waals surface area contributed by atoms with E-state index < -0.39 is 26.9 Å². The van der Waals surface area contributed by atoms with E-state index in [4.69, 9.17) is 0 Å². The third-order valence-corrected chi connectivity index (χ3v) is 5.46. The van der Waals surface area contributed by atoms with Crippen molar-refractivity contribution < 1.29 is 18.1 Å². The summed E-state index contributed by atoms with van der Waals surface area (Å²) in [4.78, 5) is 23.4. The van der Waals surface area contributed by atoms with Gasteiger partial charge in [-0.15, -0.1) is 0 Å². The minimum absolute atomic E-state index is 0.0717. The van der Waals surface area contributed by atoms with Gasteiger partial charge in [-0.2, -0.15) is 0 Å². The number of nitrogens with one attached hydrogen (secondary N) is 1. The lowest BCUT2D eigenvalue weighted by atomic mass is 10.1. The predicted octanol–water partition coefficient (Wildman–Crippen LogP) is 3.34. The largest absolute Gasteiger partial charge is 0.324 e. The van der Waals surface area contributed by atoms with E-state index in [1.54, 1.807) is 19.1 Å². The molecule has 8 nitrogen and oxygen atoms in total. The number of nitrogens with zero attached hydrogens (tertiary/aromatic N) is 2. The van der Waals surface area contributed by atoms with E-state index in [9.17, 15) is 23.3 Å². The third kappa shape index (κ3) is 4.86. The van der Waals surface area contributed by atoms with Crippen molar-refractivity contribution in [3.05, 3.63) is 64.2 Å². The summed E-state index contributed by atoms with van der Waals surface area (Å²) in [5, 5.41) is 13.9. The first-order chi connectivity index (χ1) is 13.2. The minimum Gasteiger partial charge on any atom is -0.324 e. The van der Waals surface area contributed by atoms with Crippen molar-refractivity contribution in [3.63, 3.8) is 0 Å². The summed E-state index contributed by atoms with van der Waals surface area (Å²) in [6.07, 6.45) is 1.87. The standard InChI is InChI=1S/C19H23N3O5S/c1-4-14-9-6-7-12-17(14)20-19(23)18(5-2)21(28(3,26)27)15-10-8-11-16(13-15)22(24)25/h6-13,18H,4-5H2,1-3H3,(H,20,23). The minimum atomic E-state index is -3.87. The van der Waals surface area contributed by atoms with Crippen molar-refractivity contribution in [1.29, 1.82) is 0 Å². The van der Waals surface area contributed by atoms with Crippen molar-refractivity contribution in [2.75, 3.05) is 15.9 Å². The number of carbonyl (C=O) groups is 1. The van der Waals surface area contributed by atoms with E-state index in [2.05, 4.69) is 5.32 Å². The monoisotopic (exact) mass is 405 g/mol. The molecule has 28 heavy (non-hydrogen) atoms. The summed E-state index contributed by atoms with van der Waals surface area (Å²) in [5.74, 6) is -0.500. The van der Waals surface area contributed by atoms with Crippen LogP contribution in [0.1, 0.15) is 25.8 Å². The molecule has 0 bridgehead atoms. The molecular weight excluding hydrogens is 382 g/mol. The maximum atomic E-state index is 12.9. The van der Waals surface area contributed by atoms with Gasteiger partial charge in [0.2, 0.25) is 15.9 Å². The van der Waals surface area contributed by atoms with Gasteiger partial charge >= 0.3 is 0 Å². The second-order valence-electron chi connectivity index (χ2n) is 6.26. The number of aryl methyl sites for hydroxylation is 1. The molecule has 0 saturated carbocycles. The lowest BCUT2D eigenvalue weighted by molar-refractivity contribution is -0.384. The van der Waals surface area contributed by atoms with E-state index >= 15 is 0 Å². The Balaban J connectivity index is 2.45. The van der Waals surface area contributed by atoms with Crippen LogP contribution in [0.2, 0.25) is 0 Å². The van der Waals surface area contributed by atoms with Gasteiger partial charge in [-0.3, -0.25) is 19.2 Å². The lowest BCUT2D eigenvalue weighted by Gasteiger charge is -2.30. The molecule has 0 fully saturated rings. The lowest BCUT2D eigenvalue weighted by Crippen LogP contribution is -2.47. The van der Waals surface area contributed by atoms with Crippen LogP contribution in [0.25, 0.3) is 0 Å². The number of sulfonamides is 1. The highest BCUT2D eigenvalue weighted by atomic mass is 32.2. The highest BCUT2D eigenvalue weighted by molar-refractivity contribution is 7.92. The Morgan fingerprint density at radius 3 is 2.43 bits per heavy atom. The first-order valence-electron chi connectivity index (χ1n) is 8.81. The first kappa shape index (κ1) is 21.4. The number of para-hydroxylation sites is 1. The van der Waals surface area contributed by atoms with Gasteiger partial charge in [-0.1, -0.05) is 38.1 Å². The number of non-ortho nitro benzene ring substituents is 1. The topological polar surface area (TPSA) is 110 Å². The highest BCUT2D eigenvalue weighted by Gasteiger charge is 2.32. The first-order valence-corrected chi connectivity index (χ1v) is 10.7. The van der Waals surface area contributed by atoms with E-state index in [-0.39, 0.29) is 17.8 Å². The zero-order chi connectivity index (χ0) is 20.9. The number of nitro benzene ring substituents is 1. The van der Waals surface area contributed by atoms with E-state index in [0.29, 0.717) is 12.1 Å². The molecule has 1 amide bonds. The molecule has 2 aromatic carbocycles. The van der Waals surface area contributed by atoms with Crippen LogP contribution in [-0.2, 0) is 21.2 Å². The van der Waals surface area contributed by atoms with Crippen LogP contribution in [0.5, 0.6) is 0 Å². The number of hydrogen-bond donors (Lipinski definition) is 1. The second-order valence-corrected chi connectivity index (χ2v) is 8.12. The molecule has 1 atom stereocenters. The number of carbonyl (C=O) groups excluding carboxylic acids is 1. The van der Waals surface area contributed by atoms with Crippen LogP contribution in [-0.4, -0.2) is 31.5 Å². The van der Waals surface area contributed by atoms with Crippen molar-refractivity contribution in [2.24, 2.45) is 0 Å². The molecule has 9 heteroatoms. The molecule has 2 rings (SSSR count). The average Bonchev–Trinajstić information content (AvgIpc) is 2.65. The molecule has 1 unspecified atom stereocenters. The van der Waals surface area contributed by atoms with Gasteiger partial charge in [0.15, 0.2) is 0 Å². The smallest absolute Gasteiger partial charge is 0.271 e. The van der Waals surface area contributed by atoms with Crippen LogP contribution in [0.15, 0.2) is 48.5 Å². The fourth-order valence-electron chi connectivity index (χ4n) is 2.97. The second kappa shape index (κ2) is 8.83. The highest BCUT2D eigenvalue weighted by Crippen LogP contribution is 2.27. The summed E-state index contributed by atoms with van der Waals surface area (Å²) in [5.41, 5.74) is 1.35. The molecule has 0 saturated heterocycles. The molecule has 150 valence electrons. The van der Waals surface area contributed by atoms with Crippen molar-refractivity contribution >= 4 is 33.0 Å². The van der Waals surface area contributed by atoms with Crippen LogP contribution >= 0.6 is 0 Å². The predicted molar refractivity (Wildman–Crippen MR) is 109 cm³/mol. The number of rotatable bonds is 8. The normalized spacial score (nSPS) is 12.2. The van der Waals surface area contributed by atoms with Crippen LogP contribution in [0.3, 0.4) is 0 Å². The number of nitro groups is 1. The van der Waals surface area contributed by atoms with Crippen molar-refractivity contribution in [3.8, 4) is 0 Å². The van der Waals surface area contributed by atoms with Gasteiger partial charge in [0, 0.05) is 17.8 Å². The molecule has 1 N–H and O–H groups in total. The summed E-state index contributed by atoms with van der Waals surface area (Å²) in [6.45, 7) is 3.64. The van der Waals surface area contributed by atoms with Gasteiger partial charge in [-0.05, 0) is 30.5 Å². The molecule has 0 aliphatic rings. The summed E-state index contributed by atoms with van der Waals surface area (Å²) < 4.78 is 25.9. The van der Waals surface area contributed by atoms with Crippen molar-refractivity contribution in [1.82, 2.24) is 0 Å². The van der Waals surface area contributed by atoms with Crippen LogP contribution in [0, 0.1) is 10.1 Å². The molecular formula is C19H23N3O5S. The van der Waals surface area contributed by atoms with Crippen LogP contribution < -0.4 is 9.62 Å². The molecule has 2 aromatic rings. The quantitative estimate of drug-likeness (QED) is 0.535. The SMILES string of the molecule is CCc1ccccc1NC(=O)C(CC)N(c1cccc([N+](=O)[O-])c1)S(C)(=O)=O. The van der Waals surface area contributed by atoms with Gasteiger partial charge in [0.05, 0.1) is 16.9 Å². The van der Waals surface area contributed by atoms with Gasteiger partial charge in [0.25, 0.3) is 5.69 Å². The van der Waals surface area contributed by atoms with Crippen molar-refractivity contribution in [2.45, 2.75) is 32.7 Å². The Morgan fingerprint density at radius 1 is 1.18 bits per heavy atom. The Kier molecular flexibility index (Phi) is 6.74. The number of hydrogen-bond acceptors (Lipinski definition) is 5. The van der Waals surface area contributed by atoms with Gasteiger partial charge < -0.3 is 5.32 Å². The Bertz CT molecular complexity index is 975. The Labute approximate surface area is 164 Å². The van der Waals surface area contributed by atoms with E-state index in [0.717, 1.165) is 22.2 Å². The molecule has 0 aromatic heterocycles. The zero-order valence-electron chi connectivity index (χ0n) is 16.0. The van der Waals surface area contributed by atoms with E-state index in [1.807, 2.05) is 19.1 Å². The number of anilines is 2. The summed E-state index contributed by atoms with van der Waals surface area (Å²) in [7, 11) is -3.87. The fourth-order valence-corrected chi connectivity index (χ4v) is 4.17. The Hall–Kier alpha value is -2.94. The zero-order valence-corrected chi connectivity index (χ0v) is 16.8. The third-order valence-electron chi connectivity index (χ3n) is 4.28. The molecule has 0 aliphatic carbocycles.